The number of rotatable bonds is 8. The monoisotopic (exact) mass is 499 g/mol. The maximum Gasteiger partial charge on any atom is 0.352 e. The van der Waals surface area contributed by atoms with E-state index in [1.54, 1.807) is 36.0 Å². The summed E-state index contributed by atoms with van der Waals surface area (Å²) in [4.78, 5) is 52.2. The first-order valence-electron chi connectivity index (χ1n) is 10.5. The van der Waals surface area contributed by atoms with Gasteiger partial charge in [0, 0.05) is 23.6 Å². The van der Waals surface area contributed by atoms with Gasteiger partial charge in [-0.2, -0.15) is 4.57 Å². The normalized spacial score (nSPS) is 19.6. The molecule has 2 amide bonds. The fourth-order valence-electron chi connectivity index (χ4n) is 3.68. The Kier molecular flexibility index (Phi) is 6.82. The van der Waals surface area contributed by atoms with Gasteiger partial charge < -0.3 is 26.7 Å². The van der Waals surface area contributed by atoms with Crippen molar-refractivity contribution in [2.24, 2.45) is 5.16 Å². The Labute approximate surface area is 203 Å². The van der Waals surface area contributed by atoms with Crippen LogP contribution in [-0.4, -0.2) is 67.2 Å². The summed E-state index contributed by atoms with van der Waals surface area (Å²) >= 11 is 1.35. The summed E-state index contributed by atoms with van der Waals surface area (Å²) in [6.45, 7) is 2.13. The maximum absolute atomic E-state index is 13.0. The van der Waals surface area contributed by atoms with Gasteiger partial charge in [-0.3, -0.25) is 14.5 Å². The summed E-state index contributed by atoms with van der Waals surface area (Å²) in [5.74, 6) is -2.11. The molecule has 4 rings (SSSR count). The summed E-state index contributed by atoms with van der Waals surface area (Å²) in [6, 6.07) is 3.96. The van der Waals surface area contributed by atoms with E-state index in [1.807, 2.05) is 0 Å². The fourth-order valence-corrected chi connectivity index (χ4v) is 5.01. The first kappa shape index (κ1) is 23.9. The van der Waals surface area contributed by atoms with E-state index in [2.05, 4.69) is 20.4 Å². The van der Waals surface area contributed by atoms with Crippen LogP contribution in [0.5, 0.6) is 0 Å². The molecule has 35 heavy (non-hydrogen) atoms. The largest absolute Gasteiger partial charge is 0.477 e. The molecule has 0 saturated carbocycles. The molecule has 2 aliphatic rings. The first-order valence-corrected chi connectivity index (χ1v) is 11.6. The highest BCUT2D eigenvalue weighted by Crippen LogP contribution is 2.40. The second-order valence-corrected chi connectivity index (χ2v) is 8.70. The van der Waals surface area contributed by atoms with Crippen LogP contribution >= 0.6 is 11.8 Å². The molecule has 1 unspecified atom stereocenters. The van der Waals surface area contributed by atoms with Crippen LogP contribution in [0.15, 0.2) is 53.2 Å². The van der Waals surface area contributed by atoms with Crippen molar-refractivity contribution in [1.29, 1.82) is 0 Å². The zero-order valence-corrected chi connectivity index (χ0v) is 19.4. The molecule has 0 aliphatic carbocycles. The first-order chi connectivity index (χ1) is 16.8. The van der Waals surface area contributed by atoms with E-state index in [0.29, 0.717) is 17.0 Å². The predicted molar refractivity (Wildman–Crippen MR) is 125 cm³/mol. The molecule has 0 radical (unpaired) electrons. The number of nitrogen functional groups attached to an aromatic ring is 2. The van der Waals surface area contributed by atoms with Crippen LogP contribution in [0.25, 0.3) is 0 Å². The summed E-state index contributed by atoms with van der Waals surface area (Å²) in [5, 5.41) is 15.7. The number of anilines is 2. The van der Waals surface area contributed by atoms with Gasteiger partial charge in [0.05, 0.1) is 5.69 Å². The summed E-state index contributed by atoms with van der Waals surface area (Å²) < 4.78 is 1.75. The average molecular weight is 500 g/mol. The quantitative estimate of drug-likeness (QED) is 0.153. The zero-order chi connectivity index (χ0) is 25.1. The Morgan fingerprint density at radius 3 is 2.89 bits per heavy atom. The van der Waals surface area contributed by atoms with Gasteiger partial charge in [0.15, 0.2) is 24.8 Å². The molecule has 1 saturated heterocycles. The SMILES string of the molecule is CCON=C(C(=O)NC1C(=O)N2C(C(=O)O)=C(C[n+]3cccc(N)c3)CS[C@@H]12)c1nccc(N)n1. The molecule has 2 aliphatic heterocycles. The minimum Gasteiger partial charge on any atom is -0.477 e. The predicted octanol–water partition coefficient (Wildman–Crippen LogP) is -0.892. The second-order valence-electron chi connectivity index (χ2n) is 7.59. The van der Waals surface area contributed by atoms with E-state index in [0.717, 1.165) is 0 Å². The van der Waals surface area contributed by atoms with Crippen LogP contribution in [0, 0.1) is 0 Å². The second kappa shape index (κ2) is 9.97. The lowest BCUT2D eigenvalue weighted by Gasteiger charge is -2.49. The fraction of sp³-hybridized carbons (Fsp3) is 0.286. The Balaban J connectivity index is 1.54. The zero-order valence-electron chi connectivity index (χ0n) is 18.6. The van der Waals surface area contributed by atoms with Crippen molar-refractivity contribution in [3.63, 3.8) is 0 Å². The number of nitrogens with zero attached hydrogens (tertiary/aromatic N) is 5. The Morgan fingerprint density at radius 2 is 2.20 bits per heavy atom. The van der Waals surface area contributed by atoms with Crippen LogP contribution < -0.4 is 21.4 Å². The van der Waals surface area contributed by atoms with Crippen molar-refractivity contribution in [1.82, 2.24) is 20.2 Å². The topological polar surface area (TPSA) is 190 Å². The number of nitrogens with one attached hydrogen (secondary N) is 1. The van der Waals surface area contributed by atoms with Crippen LogP contribution in [0.4, 0.5) is 11.5 Å². The summed E-state index contributed by atoms with van der Waals surface area (Å²) in [6.07, 6.45) is 4.81. The van der Waals surface area contributed by atoms with E-state index < -0.39 is 29.2 Å². The highest BCUT2D eigenvalue weighted by molar-refractivity contribution is 8.00. The van der Waals surface area contributed by atoms with Gasteiger partial charge in [-0.25, -0.2) is 14.8 Å². The van der Waals surface area contributed by atoms with Crippen LogP contribution in [0.3, 0.4) is 0 Å². The minimum atomic E-state index is -1.22. The van der Waals surface area contributed by atoms with Gasteiger partial charge in [-0.1, -0.05) is 5.16 Å². The molecule has 6 N–H and O–H groups in total. The van der Waals surface area contributed by atoms with E-state index in [1.165, 1.54) is 28.9 Å². The van der Waals surface area contributed by atoms with Crippen LogP contribution in [-0.2, 0) is 25.8 Å². The highest BCUT2D eigenvalue weighted by atomic mass is 32.2. The van der Waals surface area contributed by atoms with E-state index in [-0.39, 0.29) is 36.2 Å². The molecule has 13 nitrogen and oxygen atoms in total. The average Bonchev–Trinajstić information content (AvgIpc) is 2.82. The van der Waals surface area contributed by atoms with Gasteiger partial charge in [0.2, 0.25) is 5.71 Å². The number of carboxylic acids is 1. The molecule has 2 aromatic rings. The molecule has 1 fully saturated rings. The van der Waals surface area contributed by atoms with Crippen molar-refractivity contribution >= 4 is 46.8 Å². The third-order valence-electron chi connectivity index (χ3n) is 5.18. The van der Waals surface area contributed by atoms with Gasteiger partial charge in [-0.05, 0) is 19.1 Å². The number of carboxylic acid groups (broad SMARTS) is 1. The van der Waals surface area contributed by atoms with E-state index in [9.17, 15) is 19.5 Å². The molecular formula is C21H23N8O5S+. The molecule has 2 aromatic heterocycles. The third kappa shape index (κ3) is 4.87. The number of thioether (sulfide) groups is 1. The van der Waals surface area contributed by atoms with Crippen molar-refractivity contribution in [2.75, 3.05) is 23.8 Å². The Morgan fingerprint density at radius 1 is 1.40 bits per heavy atom. The third-order valence-corrected chi connectivity index (χ3v) is 6.52. The highest BCUT2D eigenvalue weighted by Gasteiger charge is 2.54. The lowest BCUT2D eigenvalue weighted by molar-refractivity contribution is -0.688. The number of fused-ring (bicyclic) bond motifs is 1. The van der Waals surface area contributed by atoms with Crippen molar-refractivity contribution in [3.8, 4) is 0 Å². The molecule has 4 heterocycles. The molecular weight excluding hydrogens is 476 g/mol. The molecule has 0 bridgehead atoms. The summed E-state index contributed by atoms with van der Waals surface area (Å²) in [5.41, 5.74) is 12.2. The lowest BCUT2D eigenvalue weighted by atomic mass is 10.0. The number of nitrogens with two attached hydrogens (primary N) is 2. The van der Waals surface area contributed by atoms with Crippen LogP contribution in [0.2, 0.25) is 0 Å². The van der Waals surface area contributed by atoms with Crippen molar-refractivity contribution in [2.45, 2.75) is 24.9 Å². The van der Waals surface area contributed by atoms with E-state index in [4.69, 9.17) is 16.3 Å². The summed E-state index contributed by atoms with van der Waals surface area (Å²) in [7, 11) is 0. The number of oxime groups is 1. The van der Waals surface area contributed by atoms with Crippen LogP contribution in [0.1, 0.15) is 12.7 Å². The number of hydrogen-bond acceptors (Lipinski definition) is 10. The maximum atomic E-state index is 13.0. The number of carbonyl (C=O) groups excluding carboxylic acids is 2. The standard InChI is InChI=1S/C21H22N8O5S/c1-2-34-27-14(17-24-6-5-13(23)25-17)18(30)26-15-19(31)29-16(21(32)33)11(10-35-20(15)29)8-28-7-3-4-12(22)9-28/h3-7,9,15,20H,2,8,10,22H2,1H3,(H3-,23,24,25,26,30,32,33)/p+1/t15?,20-/m0/s1. The molecule has 2 atom stereocenters. The number of pyridine rings is 1. The molecule has 0 aromatic carbocycles. The van der Waals surface area contributed by atoms with Gasteiger partial charge in [-0.15, -0.1) is 11.8 Å². The molecule has 0 spiro atoms. The van der Waals surface area contributed by atoms with Crippen molar-refractivity contribution < 1.29 is 28.9 Å². The van der Waals surface area contributed by atoms with Gasteiger partial charge in [0.1, 0.15) is 29.5 Å². The lowest BCUT2D eigenvalue weighted by Crippen LogP contribution is -2.71. The van der Waals surface area contributed by atoms with Gasteiger partial charge in [0.25, 0.3) is 11.8 Å². The number of hydrogen-bond donors (Lipinski definition) is 4. The number of amides is 2. The van der Waals surface area contributed by atoms with Gasteiger partial charge >= 0.3 is 5.97 Å². The Hall–Kier alpha value is -4.20. The Bertz CT molecular complexity index is 1250. The number of aromatic nitrogens is 3. The van der Waals surface area contributed by atoms with Crippen molar-refractivity contribution in [3.05, 3.63) is 53.9 Å². The number of aliphatic carboxylic acids is 1. The van der Waals surface area contributed by atoms with E-state index >= 15 is 0 Å². The number of β-lactam (4-membered cyclic amide) rings is 1. The smallest absolute Gasteiger partial charge is 0.352 e. The molecule has 182 valence electrons. The minimum absolute atomic E-state index is 0.0663. The molecule has 14 heteroatoms. The number of carbonyl (C=O) groups is 3.